The number of carbonyl (C=O) groups excluding carboxylic acids is 2. The molecular formula is C41H58ClF2N5O6S. The van der Waals surface area contributed by atoms with Crippen molar-refractivity contribution in [1.29, 1.82) is 0 Å². The first-order valence-corrected chi connectivity index (χ1v) is 20.8. The van der Waals surface area contributed by atoms with E-state index in [1.54, 1.807) is 36.9 Å². The molecule has 0 spiro atoms. The molecule has 2 aromatic carbocycles. The number of anilines is 1. The molecule has 5 unspecified atom stereocenters. The molecule has 11 nitrogen and oxygen atoms in total. The van der Waals surface area contributed by atoms with Gasteiger partial charge in [-0.3, -0.25) is 19.2 Å². The summed E-state index contributed by atoms with van der Waals surface area (Å²) in [6.45, 7) is 7.34. The molecule has 56 heavy (non-hydrogen) atoms. The van der Waals surface area contributed by atoms with Gasteiger partial charge in [-0.2, -0.15) is 0 Å². The molecule has 2 amide bonds. The third kappa shape index (κ3) is 12.3. The van der Waals surface area contributed by atoms with Gasteiger partial charge in [-0.05, 0) is 78.5 Å². The molecule has 2 aliphatic heterocycles. The van der Waals surface area contributed by atoms with Crippen LogP contribution in [0.4, 0.5) is 14.5 Å². The van der Waals surface area contributed by atoms with Crippen LogP contribution in [0.25, 0.3) is 0 Å². The molecule has 1 saturated carbocycles. The largest absolute Gasteiger partial charge is 0.491 e. The van der Waals surface area contributed by atoms with Gasteiger partial charge in [0.05, 0.1) is 44.7 Å². The van der Waals surface area contributed by atoms with Crippen LogP contribution in [0.2, 0.25) is 5.02 Å². The lowest BCUT2D eigenvalue weighted by Gasteiger charge is -2.44. The van der Waals surface area contributed by atoms with E-state index in [-0.39, 0.29) is 42.9 Å². The molecule has 0 radical (unpaired) electrons. The lowest BCUT2D eigenvalue weighted by molar-refractivity contribution is -0.138. The number of benzene rings is 2. The second-order valence-electron chi connectivity index (χ2n) is 15.2. The number of likely N-dealkylation sites (tertiary alicyclic amines) is 1. The summed E-state index contributed by atoms with van der Waals surface area (Å²) >= 11 is 7.46. The fourth-order valence-electron chi connectivity index (χ4n) is 7.59. The number of amides is 2. The van der Waals surface area contributed by atoms with Crippen molar-refractivity contribution >= 4 is 41.2 Å². The minimum Gasteiger partial charge on any atom is -0.491 e. The molecule has 0 bridgehead atoms. The molecule has 3 aliphatic rings. The zero-order chi connectivity index (χ0) is 40.2. The van der Waals surface area contributed by atoms with Crippen LogP contribution in [0.15, 0.2) is 48.6 Å². The first-order valence-electron chi connectivity index (χ1n) is 19.6. The van der Waals surface area contributed by atoms with Crippen LogP contribution in [-0.2, 0) is 25.5 Å². The Kier molecular flexibility index (Phi) is 16.7. The van der Waals surface area contributed by atoms with Crippen LogP contribution in [0.1, 0.15) is 68.2 Å². The van der Waals surface area contributed by atoms with Gasteiger partial charge >= 0.3 is 0 Å². The highest BCUT2D eigenvalue weighted by molar-refractivity contribution is 7.96. The molecule has 310 valence electrons. The van der Waals surface area contributed by atoms with Crippen LogP contribution >= 0.6 is 23.7 Å². The number of aliphatic hydroxyl groups excluding tert-OH is 1. The first kappa shape index (κ1) is 44.1. The highest BCUT2D eigenvalue weighted by Crippen LogP contribution is 2.43. The Morgan fingerprint density at radius 2 is 2.00 bits per heavy atom. The topological polar surface area (TPSA) is 116 Å². The Bertz CT molecular complexity index is 1630. The number of carbonyl (C=O) groups is 2. The summed E-state index contributed by atoms with van der Waals surface area (Å²) in [4.78, 5) is 30.5. The SMILES string of the molecule is CCCc1cc(Cl)ccc1C1COc2ccc(C(O)C(=O)NSNCCOC)cc2N(CC2CCC2C(/C=C/CCN(C)C(C)=O)OCCN2CC(F)(F)C2)C1. The summed E-state index contributed by atoms with van der Waals surface area (Å²) in [5.74, 6) is -2.07. The number of nitrogens with zero attached hydrogens (tertiary/aromatic N) is 3. The number of rotatable bonds is 21. The number of alkyl halides is 2. The van der Waals surface area contributed by atoms with E-state index in [0.717, 1.165) is 43.5 Å². The van der Waals surface area contributed by atoms with Crippen LogP contribution in [-0.4, -0.2) is 119 Å². The standard InChI is InChI=1S/C41H58ClF2N5O6S/c1-5-8-29-21-33(42)12-14-34(29)32-24-49(36-22-30(11-15-38(36)55-25-32)39(51)40(52)46-56-45-16-19-53-4)23-31-10-13-35(31)37(9-6-7-17-47(3)28(2)50)54-20-18-48-26-41(43,44)27-48/h6,9,11-12,14-15,21-22,31-32,35,37,39,45,51H,5,7-8,10,13,16-20,23-27H2,1-4H3,(H,46,52)/b9-6+. The number of methoxy groups -OCH3 is 1. The van der Waals surface area contributed by atoms with Gasteiger partial charge in [0.2, 0.25) is 5.91 Å². The maximum atomic E-state index is 13.5. The molecular weight excluding hydrogens is 764 g/mol. The Labute approximate surface area is 339 Å². The predicted octanol–water partition coefficient (Wildman–Crippen LogP) is 6.01. The number of hydrogen-bond acceptors (Lipinski definition) is 10. The summed E-state index contributed by atoms with van der Waals surface area (Å²) in [6.07, 6.45) is 6.96. The van der Waals surface area contributed by atoms with Gasteiger partial charge in [0.25, 0.3) is 11.8 Å². The minimum atomic E-state index is -2.63. The summed E-state index contributed by atoms with van der Waals surface area (Å²) in [7, 11) is 3.37. The molecule has 2 fully saturated rings. The van der Waals surface area contributed by atoms with E-state index in [4.69, 9.17) is 25.8 Å². The maximum Gasteiger partial charge on any atom is 0.272 e. The second-order valence-corrected chi connectivity index (χ2v) is 16.3. The zero-order valence-electron chi connectivity index (χ0n) is 33.0. The van der Waals surface area contributed by atoms with Crippen molar-refractivity contribution in [1.82, 2.24) is 19.2 Å². The third-order valence-corrected chi connectivity index (χ3v) is 11.8. The lowest BCUT2D eigenvalue weighted by atomic mass is 9.70. The molecule has 1 saturated heterocycles. The Morgan fingerprint density at radius 1 is 1.20 bits per heavy atom. The number of nitrogens with one attached hydrogen (secondary N) is 2. The Hall–Kier alpha value is -2.98. The molecule has 5 atom stereocenters. The van der Waals surface area contributed by atoms with E-state index in [2.05, 4.69) is 39.5 Å². The van der Waals surface area contributed by atoms with Gasteiger partial charge < -0.3 is 29.1 Å². The van der Waals surface area contributed by atoms with E-state index in [0.29, 0.717) is 75.3 Å². The van der Waals surface area contributed by atoms with Gasteiger partial charge in [-0.15, -0.1) is 0 Å². The fraction of sp³-hybridized carbons (Fsp3) is 0.610. The van der Waals surface area contributed by atoms with Gasteiger partial charge in [0, 0.05) is 76.9 Å². The van der Waals surface area contributed by atoms with Crippen molar-refractivity contribution in [2.24, 2.45) is 11.8 Å². The van der Waals surface area contributed by atoms with Gasteiger partial charge in [-0.25, -0.2) is 13.5 Å². The summed E-state index contributed by atoms with van der Waals surface area (Å²) in [5.41, 5.74) is 3.64. The Morgan fingerprint density at radius 3 is 2.70 bits per heavy atom. The van der Waals surface area contributed by atoms with E-state index in [9.17, 15) is 23.5 Å². The average molecular weight is 822 g/mol. The quantitative estimate of drug-likeness (QED) is 0.0786. The van der Waals surface area contributed by atoms with Crippen molar-refractivity contribution in [2.45, 2.75) is 70.0 Å². The molecule has 15 heteroatoms. The van der Waals surface area contributed by atoms with E-state index < -0.39 is 17.9 Å². The van der Waals surface area contributed by atoms with Gasteiger partial charge in [0.15, 0.2) is 6.10 Å². The number of ether oxygens (including phenoxy) is 3. The van der Waals surface area contributed by atoms with Gasteiger partial charge in [-0.1, -0.05) is 49.2 Å². The van der Waals surface area contributed by atoms with Crippen LogP contribution in [0.3, 0.4) is 0 Å². The first-order chi connectivity index (χ1) is 26.9. The smallest absolute Gasteiger partial charge is 0.272 e. The number of aliphatic hydroxyl groups is 1. The van der Waals surface area contributed by atoms with E-state index in [1.165, 1.54) is 11.1 Å². The predicted molar refractivity (Wildman–Crippen MR) is 217 cm³/mol. The normalized spacial score (nSPS) is 21.6. The summed E-state index contributed by atoms with van der Waals surface area (Å²) in [6, 6.07) is 11.5. The molecule has 5 rings (SSSR count). The number of halogens is 3. The monoisotopic (exact) mass is 821 g/mol. The van der Waals surface area contributed by atoms with Crippen LogP contribution in [0.5, 0.6) is 5.75 Å². The van der Waals surface area contributed by atoms with Crippen molar-refractivity contribution < 1.29 is 37.7 Å². The average Bonchev–Trinajstić information content (AvgIpc) is 3.32. The minimum absolute atomic E-state index is 0.00202. The van der Waals surface area contributed by atoms with Gasteiger partial charge in [0.1, 0.15) is 5.75 Å². The molecule has 1 aliphatic carbocycles. The summed E-state index contributed by atoms with van der Waals surface area (Å²) < 4.78 is 50.7. The highest BCUT2D eigenvalue weighted by Gasteiger charge is 2.44. The summed E-state index contributed by atoms with van der Waals surface area (Å²) in [5, 5.41) is 11.9. The molecule has 2 aromatic rings. The second kappa shape index (κ2) is 21.1. The van der Waals surface area contributed by atoms with Crippen molar-refractivity contribution in [3.05, 3.63) is 70.3 Å². The molecule has 3 N–H and O–H groups in total. The fourth-order valence-corrected chi connectivity index (χ4v) is 8.25. The van der Waals surface area contributed by atoms with E-state index >= 15 is 0 Å². The van der Waals surface area contributed by atoms with Crippen LogP contribution < -0.4 is 19.1 Å². The van der Waals surface area contributed by atoms with Crippen molar-refractivity contribution in [2.75, 3.05) is 84.7 Å². The maximum absolute atomic E-state index is 13.5. The lowest BCUT2D eigenvalue weighted by Crippen LogP contribution is -2.57. The number of hydrogen-bond donors (Lipinski definition) is 3. The van der Waals surface area contributed by atoms with Crippen molar-refractivity contribution in [3.8, 4) is 5.75 Å². The zero-order valence-corrected chi connectivity index (χ0v) is 34.6. The third-order valence-electron chi connectivity index (χ3n) is 10.9. The molecule has 2 heterocycles. The number of fused-ring (bicyclic) bond motifs is 1. The molecule has 0 aromatic heterocycles. The van der Waals surface area contributed by atoms with E-state index in [1.807, 2.05) is 24.3 Å². The number of aryl methyl sites for hydroxylation is 1. The Balaban J connectivity index is 1.37. The van der Waals surface area contributed by atoms with Crippen molar-refractivity contribution in [3.63, 3.8) is 0 Å². The highest BCUT2D eigenvalue weighted by atomic mass is 35.5. The van der Waals surface area contributed by atoms with Crippen LogP contribution in [0, 0.1) is 11.8 Å².